The van der Waals surface area contributed by atoms with Crippen LogP contribution in [0.2, 0.25) is 0 Å². The molecule has 0 amide bonds. The number of benzene rings is 2. The fourth-order valence-corrected chi connectivity index (χ4v) is 3.39. The lowest BCUT2D eigenvalue weighted by molar-refractivity contribution is -0.207. The molecule has 2 heterocycles. The summed E-state index contributed by atoms with van der Waals surface area (Å²) in [6.07, 6.45) is -6.39. The average molecular weight is 441 g/mol. The zero-order chi connectivity index (χ0) is 22.9. The summed E-state index contributed by atoms with van der Waals surface area (Å²) in [6.45, 7) is 2.94. The summed E-state index contributed by atoms with van der Waals surface area (Å²) in [7, 11) is 0. The van der Waals surface area contributed by atoms with Gasteiger partial charge in [0.2, 0.25) is 12.0 Å². The lowest BCUT2D eigenvalue weighted by Gasteiger charge is -2.21. The van der Waals surface area contributed by atoms with Crippen LogP contribution in [0.3, 0.4) is 0 Å². The Morgan fingerprint density at radius 2 is 1.66 bits per heavy atom. The Balaban J connectivity index is 1.66. The molecule has 4 aromatic rings. The second-order valence-electron chi connectivity index (χ2n) is 7.06. The van der Waals surface area contributed by atoms with E-state index >= 15 is 0 Å². The molecule has 0 aliphatic rings. The van der Waals surface area contributed by atoms with E-state index in [1.165, 1.54) is 18.5 Å². The van der Waals surface area contributed by atoms with E-state index in [0.717, 1.165) is 6.26 Å². The number of oxazole rings is 1. The van der Waals surface area contributed by atoms with Crippen molar-refractivity contribution < 1.29 is 27.1 Å². The van der Waals surface area contributed by atoms with Gasteiger partial charge in [-0.3, -0.25) is 0 Å². The topological polar surface area (TPSA) is 70.2 Å². The predicted molar refractivity (Wildman–Crippen MR) is 109 cm³/mol. The van der Waals surface area contributed by atoms with Crippen molar-refractivity contribution in [2.45, 2.75) is 26.1 Å². The van der Waals surface area contributed by atoms with Crippen molar-refractivity contribution >= 4 is 5.97 Å². The number of hydrogen-bond donors (Lipinski definition) is 0. The van der Waals surface area contributed by atoms with Gasteiger partial charge in [0.25, 0.3) is 0 Å². The zero-order valence-electron chi connectivity index (χ0n) is 17.1. The maximum atomic E-state index is 14.0. The van der Waals surface area contributed by atoms with Crippen molar-refractivity contribution in [3.63, 3.8) is 0 Å². The Morgan fingerprint density at radius 3 is 2.28 bits per heavy atom. The van der Waals surface area contributed by atoms with Gasteiger partial charge in [0.1, 0.15) is 6.26 Å². The van der Waals surface area contributed by atoms with E-state index in [9.17, 15) is 18.0 Å². The van der Waals surface area contributed by atoms with Crippen LogP contribution in [0.1, 0.15) is 33.5 Å². The number of esters is 1. The van der Waals surface area contributed by atoms with Gasteiger partial charge < -0.3 is 9.15 Å². The van der Waals surface area contributed by atoms with Crippen LogP contribution in [0.25, 0.3) is 17.1 Å². The molecule has 2 aromatic carbocycles. The zero-order valence-corrected chi connectivity index (χ0v) is 17.1. The van der Waals surface area contributed by atoms with Crippen molar-refractivity contribution in [2.24, 2.45) is 0 Å². The van der Waals surface area contributed by atoms with Gasteiger partial charge in [-0.05, 0) is 38.1 Å². The summed E-state index contributed by atoms with van der Waals surface area (Å²) in [5.41, 5.74) is 0.913. The number of halogens is 3. The van der Waals surface area contributed by atoms with Crippen molar-refractivity contribution in [3.05, 3.63) is 89.6 Å². The number of ether oxygens (including phenoxy) is 1. The van der Waals surface area contributed by atoms with Crippen molar-refractivity contribution in [2.75, 3.05) is 0 Å². The van der Waals surface area contributed by atoms with Crippen LogP contribution in [0, 0.1) is 13.8 Å². The molecule has 0 unspecified atom stereocenters. The number of aryl methyl sites for hydroxylation is 1. The molecule has 0 aliphatic heterocycles. The van der Waals surface area contributed by atoms with Gasteiger partial charge in [-0.25, -0.2) is 14.5 Å². The first kappa shape index (κ1) is 21.4. The minimum absolute atomic E-state index is 0.102. The number of aromatic nitrogens is 3. The molecule has 0 saturated carbocycles. The molecule has 0 spiro atoms. The van der Waals surface area contributed by atoms with E-state index in [0.29, 0.717) is 11.3 Å². The van der Waals surface area contributed by atoms with E-state index in [1.807, 2.05) is 0 Å². The second kappa shape index (κ2) is 8.33. The highest BCUT2D eigenvalue weighted by Gasteiger charge is 2.47. The van der Waals surface area contributed by atoms with E-state index in [4.69, 9.17) is 9.15 Å². The Labute approximate surface area is 181 Å². The number of rotatable bonds is 5. The third kappa shape index (κ3) is 4.14. The first-order valence-electron chi connectivity index (χ1n) is 9.66. The van der Waals surface area contributed by atoms with Crippen LogP contribution in [0.4, 0.5) is 13.2 Å². The smallest absolute Gasteiger partial charge is 0.430 e. The molecule has 2 aromatic heterocycles. The molecule has 9 heteroatoms. The minimum Gasteiger partial charge on any atom is -0.444 e. The monoisotopic (exact) mass is 441 g/mol. The highest BCUT2D eigenvalue weighted by atomic mass is 19.4. The Morgan fingerprint density at radius 1 is 1.03 bits per heavy atom. The summed E-state index contributed by atoms with van der Waals surface area (Å²) in [6, 6.07) is 17.4. The van der Waals surface area contributed by atoms with Crippen LogP contribution < -0.4 is 0 Å². The molecular formula is C23H18F3N3O3. The number of para-hydroxylation sites is 1. The standard InChI is InChI=1S/C23H18F3N3O3/c1-14-19(15(2)29(28-14)17-11-7-4-8-12-17)20(23(24,25)26)32-22(30)18-13-31-21(27-18)16-9-5-3-6-10-16/h3-13,20H,1-2H3/t20-/m1/s1. The maximum absolute atomic E-state index is 14.0. The molecule has 6 nitrogen and oxygen atoms in total. The lowest BCUT2D eigenvalue weighted by atomic mass is 10.1. The summed E-state index contributed by atoms with van der Waals surface area (Å²) in [5, 5.41) is 4.23. The van der Waals surface area contributed by atoms with Crippen molar-refractivity contribution in [3.8, 4) is 17.1 Å². The van der Waals surface area contributed by atoms with Crippen LogP contribution in [-0.4, -0.2) is 26.9 Å². The van der Waals surface area contributed by atoms with Gasteiger partial charge in [0.15, 0.2) is 5.69 Å². The Bertz CT molecular complexity index is 1230. The van der Waals surface area contributed by atoms with E-state index in [2.05, 4.69) is 10.1 Å². The maximum Gasteiger partial charge on any atom is 0.430 e. The second-order valence-corrected chi connectivity index (χ2v) is 7.06. The number of hydrogen-bond acceptors (Lipinski definition) is 5. The quantitative estimate of drug-likeness (QED) is 0.377. The van der Waals surface area contributed by atoms with E-state index in [1.54, 1.807) is 60.7 Å². The number of nitrogens with zero attached hydrogens (tertiary/aromatic N) is 3. The largest absolute Gasteiger partial charge is 0.444 e. The predicted octanol–water partition coefficient (Wildman–Crippen LogP) is 5.60. The molecule has 0 saturated heterocycles. The first-order chi connectivity index (χ1) is 15.3. The van der Waals surface area contributed by atoms with Crippen LogP contribution in [0.15, 0.2) is 71.3 Å². The third-order valence-electron chi connectivity index (χ3n) is 4.87. The van der Waals surface area contributed by atoms with Gasteiger partial charge in [0.05, 0.1) is 11.4 Å². The Kier molecular flexibility index (Phi) is 5.56. The van der Waals surface area contributed by atoms with Crippen LogP contribution in [0.5, 0.6) is 0 Å². The number of carbonyl (C=O) groups is 1. The van der Waals surface area contributed by atoms with Gasteiger partial charge in [-0.15, -0.1) is 0 Å². The van der Waals surface area contributed by atoms with Crippen molar-refractivity contribution in [1.29, 1.82) is 0 Å². The molecule has 32 heavy (non-hydrogen) atoms. The molecular weight excluding hydrogens is 423 g/mol. The summed E-state index contributed by atoms with van der Waals surface area (Å²) in [4.78, 5) is 16.5. The highest BCUT2D eigenvalue weighted by molar-refractivity contribution is 5.87. The number of alkyl halides is 3. The van der Waals surface area contributed by atoms with Crippen molar-refractivity contribution in [1.82, 2.24) is 14.8 Å². The average Bonchev–Trinajstić information content (AvgIpc) is 3.38. The number of carbonyl (C=O) groups excluding carboxylic acids is 1. The first-order valence-corrected chi connectivity index (χ1v) is 9.66. The molecule has 0 fully saturated rings. The summed E-state index contributed by atoms with van der Waals surface area (Å²) >= 11 is 0. The SMILES string of the molecule is Cc1nn(-c2ccccc2)c(C)c1[C@@H](OC(=O)c1coc(-c2ccccc2)n1)C(F)(F)F. The fraction of sp³-hybridized carbons (Fsp3) is 0.174. The minimum atomic E-state index is -4.86. The van der Waals surface area contributed by atoms with Crippen LogP contribution in [-0.2, 0) is 4.74 Å². The van der Waals surface area contributed by atoms with Gasteiger partial charge in [0, 0.05) is 16.8 Å². The third-order valence-corrected chi connectivity index (χ3v) is 4.87. The molecule has 1 atom stereocenters. The molecule has 4 rings (SSSR count). The summed E-state index contributed by atoms with van der Waals surface area (Å²) < 4.78 is 53.4. The molecule has 0 N–H and O–H groups in total. The van der Waals surface area contributed by atoms with Gasteiger partial charge >= 0.3 is 12.1 Å². The van der Waals surface area contributed by atoms with E-state index < -0.39 is 18.2 Å². The van der Waals surface area contributed by atoms with Gasteiger partial charge in [-0.1, -0.05) is 36.4 Å². The normalized spacial score (nSPS) is 12.5. The van der Waals surface area contributed by atoms with Crippen LogP contribution >= 0.6 is 0 Å². The highest BCUT2D eigenvalue weighted by Crippen LogP contribution is 2.40. The van der Waals surface area contributed by atoms with E-state index in [-0.39, 0.29) is 28.5 Å². The molecule has 0 aliphatic carbocycles. The van der Waals surface area contributed by atoms with Gasteiger partial charge in [-0.2, -0.15) is 18.3 Å². The molecule has 0 bridgehead atoms. The summed E-state index contributed by atoms with van der Waals surface area (Å²) in [5.74, 6) is -1.14. The Hall–Kier alpha value is -3.88. The fourth-order valence-electron chi connectivity index (χ4n) is 3.39. The molecule has 164 valence electrons. The molecule has 0 radical (unpaired) electrons. The lowest BCUT2D eigenvalue weighted by Crippen LogP contribution is -2.27.